The van der Waals surface area contributed by atoms with Crippen LogP contribution in [0.25, 0.3) is 11.3 Å². The maximum Gasteiger partial charge on any atom is 0.270 e. The molecule has 7 heteroatoms. The number of non-ortho nitro benzene ring substituents is 1. The first kappa shape index (κ1) is 15.9. The monoisotopic (exact) mass is 341 g/mol. The largest absolute Gasteiger partial charge is 0.270 e. The number of rotatable bonds is 4. The number of benzene rings is 2. The molecular formula is C17H12ClN3O3. The second-order valence-corrected chi connectivity index (χ2v) is 5.59. The highest BCUT2D eigenvalue weighted by atomic mass is 35.5. The van der Waals surface area contributed by atoms with E-state index in [0.717, 1.165) is 5.56 Å². The Balaban J connectivity index is 1.98. The van der Waals surface area contributed by atoms with Crippen molar-refractivity contribution < 1.29 is 4.92 Å². The molecule has 0 amide bonds. The van der Waals surface area contributed by atoms with Crippen molar-refractivity contribution in [1.82, 2.24) is 9.78 Å². The minimum Gasteiger partial charge on any atom is -0.268 e. The SMILES string of the molecule is O=c1ccc(-c2cccc([N+](=O)[O-])c2)nn1Cc1cccc(Cl)c1. The topological polar surface area (TPSA) is 78.0 Å². The van der Waals surface area contributed by atoms with Gasteiger partial charge < -0.3 is 0 Å². The molecule has 0 N–H and O–H groups in total. The zero-order valence-electron chi connectivity index (χ0n) is 12.4. The zero-order chi connectivity index (χ0) is 17.1. The van der Waals surface area contributed by atoms with Crippen LogP contribution in [0, 0.1) is 10.1 Å². The number of nitro benzene ring substituents is 1. The van der Waals surface area contributed by atoms with Crippen LogP contribution < -0.4 is 5.56 Å². The molecule has 120 valence electrons. The Morgan fingerprint density at radius 3 is 2.62 bits per heavy atom. The quantitative estimate of drug-likeness (QED) is 0.537. The van der Waals surface area contributed by atoms with Crippen LogP contribution in [0.15, 0.2) is 65.5 Å². The molecule has 0 unspecified atom stereocenters. The van der Waals surface area contributed by atoms with Crippen molar-refractivity contribution in [2.75, 3.05) is 0 Å². The lowest BCUT2D eigenvalue weighted by Gasteiger charge is -2.07. The van der Waals surface area contributed by atoms with E-state index in [-0.39, 0.29) is 17.8 Å². The number of nitrogens with zero attached hydrogens (tertiary/aromatic N) is 3. The summed E-state index contributed by atoms with van der Waals surface area (Å²) in [5.74, 6) is 0. The molecule has 6 nitrogen and oxygen atoms in total. The average Bonchev–Trinajstić information content (AvgIpc) is 2.57. The van der Waals surface area contributed by atoms with E-state index in [1.165, 1.54) is 22.9 Å². The summed E-state index contributed by atoms with van der Waals surface area (Å²) in [6.07, 6.45) is 0. The molecule has 0 fully saturated rings. The number of hydrogen-bond donors (Lipinski definition) is 0. The van der Waals surface area contributed by atoms with Crippen LogP contribution in [0.4, 0.5) is 5.69 Å². The number of halogens is 1. The first-order valence-electron chi connectivity index (χ1n) is 7.10. The molecule has 24 heavy (non-hydrogen) atoms. The summed E-state index contributed by atoms with van der Waals surface area (Å²) in [5, 5.41) is 15.8. The van der Waals surface area contributed by atoms with Crippen LogP contribution in [0.5, 0.6) is 0 Å². The van der Waals surface area contributed by atoms with Gasteiger partial charge in [0.15, 0.2) is 0 Å². The van der Waals surface area contributed by atoms with Crippen molar-refractivity contribution >= 4 is 17.3 Å². The van der Waals surface area contributed by atoms with Crippen molar-refractivity contribution in [2.45, 2.75) is 6.54 Å². The molecule has 0 saturated carbocycles. The molecular weight excluding hydrogens is 330 g/mol. The Kier molecular flexibility index (Phi) is 4.39. The Bertz CT molecular complexity index is 969. The van der Waals surface area contributed by atoms with Crippen LogP contribution in [-0.4, -0.2) is 14.7 Å². The van der Waals surface area contributed by atoms with E-state index < -0.39 is 4.92 Å². The molecule has 0 saturated heterocycles. The maximum atomic E-state index is 12.0. The van der Waals surface area contributed by atoms with Crippen LogP contribution in [0.1, 0.15) is 5.56 Å². The van der Waals surface area contributed by atoms with E-state index in [2.05, 4.69) is 5.10 Å². The Morgan fingerprint density at radius 1 is 1.08 bits per heavy atom. The van der Waals surface area contributed by atoms with E-state index in [1.54, 1.807) is 36.4 Å². The van der Waals surface area contributed by atoms with Gasteiger partial charge in [-0.1, -0.05) is 35.9 Å². The summed E-state index contributed by atoms with van der Waals surface area (Å²) in [7, 11) is 0. The van der Waals surface area contributed by atoms with Gasteiger partial charge in [0.05, 0.1) is 17.2 Å². The first-order chi connectivity index (χ1) is 11.5. The van der Waals surface area contributed by atoms with Crippen molar-refractivity contribution in [2.24, 2.45) is 0 Å². The Morgan fingerprint density at radius 2 is 1.88 bits per heavy atom. The van der Waals surface area contributed by atoms with Gasteiger partial charge in [0, 0.05) is 28.8 Å². The Hall–Kier alpha value is -2.99. The molecule has 3 rings (SSSR count). The lowest BCUT2D eigenvalue weighted by atomic mass is 10.1. The number of aromatic nitrogens is 2. The van der Waals surface area contributed by atoms with Crippen LogP contribution in [-0.2, 0) is 6.54 Å². The molecule has 0 bridgehead atoms. The van der Waals surface area contributed by atoms with Crippen LogP contribution in [0.2, 0.25) is 5.02 Å². The van der Waals surface area contributed by atoms with Crippen molar-refractivity contribution in [3.05, 3.63) is 91.7 Å². The third-order valence-corrected chi connectivity index (χ3v) is 3.68. The van der Waals surface area contributed by atoms with E-state index in [4.69, 9.17) is 11.6 Å². The van der Waals surface area contributed by atoms with Gasteiger partial charge >= 0.3 is 0 Å². The third-order valence-electron chi connectivity index (χ3n) is 3.44. The normalized spacial score (nSPS) is 10.5. The fourth-order valence-corrected chi connectivity index (χ4v) is 2.52. The lowest BCUT2D eigenvalue weighted by molar-refractivity contribution is -0.384. The fourth-order valence-electron chi connectivity index (χ4n) is 2.30. The molecule has 1 heterocycles. The van der Waals surface area contributed by atoms with Gasteiger partial charge in [-0.05, 0) is 23.8 Å². The molecule has 0 aliphatic heterocycles. The summed E-state index contributed by atoms with van der Waals surface area (Å²) in [6.45, 7) is 0.266. The zero-order valence-corrected chi connectivity index (χ0v) is 13.2. The predicted octanol–water partition coefficient (Wildman–Crippen LogP) is 3.52. The summed E-state index contributed by atoms with van der Waals surface area (Å²) in [5.41, 5.74) is 1.61. The summed E-state index contributed by atoms with van der Waals surface area (Å²) >= 11 is 5.95. The van der Waals surface area contributed by atoms with E-state index in [0.29, 0.717) is 16.3 Å². The number of hydrogen-bond acceptors (Lipinski definition) is 4. The summed E-state index contributed by atoms with van der Waals surface area (Å²) < 4.78 is 1.31. The lowest BCUT2D eigenvalue weighted by Crippen LogP contribution is -2.22. The molecule has 0 aliphatic carbocycles. The molecule has 3 aromatic rings. The number of nitro groups is 1. The molecule has 0 atom stereocenters. The van der Waals surface area contributed by atoms with Gasteiger partial charge in [-0.2, -0.15) is 5.10 Å². The highest BCUT2D eigenvalue weighted by Gasteiger charge is 2.09. The van der Waals surface area contributed by atoms with E-state index >= 15 is 0 Å². The molecule has 1 aromatic heterocycles. The van der Waals surface area contributed by atoms with Crippen molar-refractivity contribution in [1.29, 1.82) is 0 Å². The minimum atomic E-state index is -0.467. The smallest absolute Gasteiger partial charge is 0.268 e. The standard InChI is InChI=1S/C17H12ClN3O3/c18-14-5-1-3-12(9-14)11-20-17(22)8-7-16(19-20)13-4-2-6-15(10-13)21(23)24/h1-10H,11H2. The molecule has 0 radical (unpaired) electrons. The highest BCUT2D eigenvalue weighted by Crippen LogP contribution is 2.21. The van der Waals surface area contributed by atoms with Crippen LogP contribution >= 0.6 is 11.6 Å². The van der Waals surface area contributed by atoms with Gasteiger partial charge in [-0.3, -0.25) is 14.9 Å². The second-order valence-electron chi connectivity index (χ2n) is 5.15. The van der Waals surface area contributed by atoms with Gasteiger partial charge in [0.25, 0.3) is 11.2 Å². The average molecular weight is 342 g/mol. The van der Waals surface area contributed by atoms with Gasteiger partial charge in [-0.15, -0.1) is 0 Å². The fraction of sp³-hybridized carbons (Fsp3) is 0.0588. The molecule has 0 aliphatic rings. The van der Waals surface area contributed by atoms with E-state index in [9.17, 15) is 14.9 Å². The maximum absolute atomic E-state index is 12.0. The minimum absolute atomic E-state index is 0.0260. The van der Waals surface area contributed by atoms with Crippen LogP contribution in [0.3, 0.4) is 0 Å². The summed E-state index contributed by atoms with van der Waals surface area (Å²) in [6, 6.07) is 16.2. The molecule has 0 spiro atoms. The van der Waals surface area contributed by atoms with Gasteiger partial charge in [0.2, 0.25) is 0 Å². The van der Waals surface area contributed by atoms with Crippen molar-refractivity contribution in [3.63, 3.8) is 0 Å². The Labute approximate surface area is 142 Å². The first-order valence-corrected chi connectivity index (χ1v) is 7.48. The predicted molar refractivity (Wildman–Crippen MR) is 91.1 cm³/mol. The van der Waals surface area contributed by atoms with Gasteiger partial charge in [-0.25, -0.2) is 4.68 Å². The van der Waals surface area contributed by atoms with E-state index in [1.807, 2.05) is 6.07 Å². The van der Waals surface area contributed by atoms with Crippen molar-refractivity contribution in [3.8, 4) is 11.3 Å². The second kappa shape index (κ2) is 6.64. The van der Waals surface area contributed by atoms with Gasteiger partial charge in [0.1, 0.15) is 0 Å². The third kappa shape index (κ3) is 3.49. The molecule has 2 aromatic carbocycles. The highest BCUT2D eigenvalue weighted by molar-refractivity contribution is 6.30. The summed E-state index contributed by atoms with van der Waals surface area (Å²) in [4.78, 5) is 22.5.